The van der Waals surface area contributed by atoms with Crippen molar-refractivity contribution in [3.63, 3.8) is 0 Å². The molecule has 138 valence electrons. The van der Waals surface area contributed by atoms with Crippen LogP contribution in [-0.2, 0) is 11.2 Å². The van der Waals surface area contributed by atoms with Crippen molar-refractivity contribution in [2.24, 2.45) is 5.92 Å². The lowest BCUT2D eigenvalue weighted by molar-refractivity contribution is 0.0921. The molecule has 2 atom stereocenters. The normalized spacial score (nSPS) is 19.3. The third-order valence-corrected chi connectivity index (χ3v) is 5.66. The molecule has 1 fully saturated rings. The molecule has 1 aromatic carbocycles. The first-order valence-electron chi connectivity index (χ1n) is 8.96. The summed E-state index contributed by atoms with van der Waals surface area (Å²) in [6, 6.07) is 13.8. The van der Waals surface area contributed by atoms with Gasteiger partial charge in [0, 0.05) is 23.7 Å². The summed E-state index contributed by atoms with van der Waals surface area (Å²) >= 11 is 1.48. The molecule has 0 bridgehead atoms. The summed E-state index contributed by atoms with van der Waals surface area (Å²) in [6.07, 6.45) is 6.33. The monoisotopic (exact) mass is 379 g/mol. The smallest absolute Gasteiger partial charge is 0.254 e. The van der Waals surface area contributed by atoms with Crippen LogP contribution in [0.3, 0.4) is 0 Å². The molecule has 3 aromatic rings. The fraction of sp³-hybridized carbons (Fsp3) is 0.286. The van der Waals surface area contributed by atoms with E-state index in [-0.39, 0.29) is 17.9 Å². The highest BCUT2D eigenvalue weighted by Gasteiger charge is 2.30. The molecule has 5 nitrogen and oxygen atoms in total. The van der Waals surface area contributed by atoms with Gasteiger partial charge >= 0.3 is 0 Å². The Balaban J connectivity index is 1.51. The van der Waals surface area contributed by atoms with Crippen LogP contribution in [-0.4, -0.2) is 41.4 Å². The minimum atomic E-state index is -0.0902. The van der Waals surface area contributed by atoms with Crippen molar-refractivity contribution in [1.29, 1.82) is 0 Å². The average molecular weight is 379 g/mol. The van der Waals surface area contributed by atoms with Gasteiger partial charge in [0.15, 0.2) is 0 Å². The number of hydrogen-bond donors (Lipinski definition) is 1. The predicted octanol–water partition coefficient (Wildman–Crippen LogP) is 3.34. The number of nitrogens with one attached hydrogen (secondary N) is 1. The molecular weight excluding hydrogens is 358 g/mol. The van der Waals surface area contributed by atoms with Gasteiger partial charge in [-0.2, -0.15) is 0 Å². The SMILES string of the molecule is CSc1ncccc1C(=O)N[C@@H]1COC[C@H]1Cc1ccnc2ccccc12. The van der Waals surface area contributed by atoms with Crippen LogP contribution >= 0.6 is 11.8 Å². The molecule has 0 spiro atoms. The van der Waals surface area contributed by atoms with Gasteiger partial charge in [0.25, 0.3) is 5.91 Å². The highest BCUT2D eigenvalue weighted by Crippen LogP contribution is 2.25. The number of carbonyl (C=O) groups is 1. The van der Waals surface area contributed by atoms with Crippen molar-refractivity contribution in [1.82, 2.24) is 15.3 Å². The van der Waals surface area contributed by atoms with Gasteiger partial charge in [0.2, 0.25) is 0 Å². The van der Waals surface area contributed by atoms with E-state index in [1.807, 2.05) is 36.7 Å². The van der Waals surface area contributed by atoms with E-state index in [2.05, 4.69) is 27.4 Å². The second kappa shape index (κ2) is 8.06. The summed E-state index contributed by atoms with van der Waals surface area (Å²) in [5.74, 6) is 0.140. The number of amides is 1. The number of thioether (sulfide) groups is 1. The Labute approximate surface area is 162 Å². The predicted molar refractivity (Wildman–Crippen MR) is 107 cm³/mol. The van der Waals surface area contributed by atoms with E-state index >= 15 is 0 Å². The first kappa shape index (κ1) is 17.9. The van der Waals surface area contributed by atoms with Gasteiger partial charge in [0.05, 0.1) is 30.3 Å². The molecule has 0 saturated carbocycles. The minimum Gasteiger partial charge on any atom is -0.379 e. The van der Waals surface area contributed by atoms with E-state index in [1.54, 1.807) is 12.3 Å². The van der Waals surface area contributed by atoms with Gasteiger partial charge in [0.1, 0.15) is 5.03 Å². The van der Waals surface area contributed by atoms with E-state index in [1.165, 1.54) is 17.3 Å². The summed E-state index contributed by atoms with van der Waals surface area (Å²) < 4.78 is 5.70. The Morgan fingerprint density at radius 1 is 1.15 bits per heavy atom. The molecule has 1 N–H and O–H groups in total. The molecule has 1 aliphatic rings. The molecule has 27 heavy (non-hydrogen) atoms. The van der Waals surface area contributed by atoms with Gasteiger partial charge in [-0.1, -0.05) is 18.2 Å². The van der Waals surface area contributed by atoms with Crippen LogP contribution in [0.4, 0.5) is 0 Å². The highest BCUT2D eigenvalue weighted by molar-refractivity contribution is 7.98. The van der Waals surface area contributed by atoms with Crippen molar-refractivity contribution in [3.05, 3.63) is 66.0 Å². The molecule has 6 heteroatoms. The zero-order valence-corrected chi connectivity index (χ0v) is 15.9. The second-order valence-corrected chi connectivity index (χ2v) is 7.42. The zero-order valence-electron chi connectivity index (χ0n) is 15.1. The van der Waals surface area contributed by atoms with Gasteiger partial charge in [-0.3, -0.25) is 9.78 Å². The maximum atomic E-state index is 12.8. The van der Waals surface area contributed by atoms with E-state index in [0.717, 1.165) is 22.3 Å². The lowest BCUT2D eigenvalue weighted by Crippen LogP contribution is -2.40. The first-order chi connectivity index (χ1) is 13.3. The van der Waals surface area contributed by atoms with Crippen LogP contribution in [0.25, 0.3) is 10.9 Å². The van der Waals surface area contributed by atoms with Crippen molar-refractivity contribution in [2.75, 3.05) is 19.5 Å². The van der Waals surface area contributed by atoms with Crippen LogP contribution < -0.4 is 5.32 Å². The van der Waals surface area contributed by atoms with Gasteiger partial charge in [-0.15, -0.1) is 11.8 Å². The minimum absolute atomic E-state index is 0.0145. The Morgan fingerprint density at radius 2 is 2.04 bits per heavy atom. The third-order valence-electron chi connectivity index (χ3n) is 4.95. The Hall–Kier alpha value is -2.44. The number of fused-ring (bicyclic) bond motifs is 1. The van der Waals surface area contributed by atoms with E-state index in [0.29, 0.717) is 18.8 Å². The highest BCUT2D eigenvalue weighted by atomic mass is 32.2. The molecule has 1 saturated heterocycles. The fourth-order valence-electron chi connectivity index (χ4n) is 3.55. The molecule has 4 rings (SSSR count). The quantitative estimate of drug-likeness (QED) is 0.689. The van der Waals surface area contributed by atoms with Crippen molar-refractivity contribution >= 4 is 28.6 Å². The van der Waals surface area contributed by atoms with Gasteiger partial charge in [-0.05, 0) is 42.5 Å². The Bertz CT molecular complexity index is 958. The molecular formula is C21H21N3O2S. The maximum absolute atomic E-state index is 12.8. The molecule has 0 unspecified atom stereocenters. The van der Waals surface area contributed by atoms with Crippen LogP contribution in [0.1, 0.15) is 15.9 Å². The van der Waals surface area contributed by atoms with E-state index in [9.17, 15) is 4.79 Å². The number of pyridine rings is 2. The van der Waals surface area contributed by atoms with Crippen molar-refractivity contribution in [2.45, 2.75) is 17.5 Å². The van der Waals surface area contributed by atoms with Crippen LogP contribution in [0.5, 0.6) is 0 Å². The molecule has 1 aliphatic heterocycles. The summed E-state index contributed by atoms with van der Waals surface area (Å²) in [4.78, 5) is 21.5. The van der Waals surface area contributed by atoms with Crippen molar-refractivity contribution < 1.29 is 9.53 Å². The maximum Gasteiger partial charge on any atom is 0.254 e. The number of carbonyl (C=O) groups excluding carboxylic acids is 1. The first-order valence-corrected chi connectivity index (χ1v) is 10.2. The Kier molecular flexibility index (Phi) is 5.36. The number of nitrogens with zero attached hydrogens (tertiary/aromatic N) is 2. The number of hydrogen-bond acceptors (Lipinski definition) is 5. The largest absolute Gasteiger partial charge is 0.379 e. The molecule has 1 amide bonds. The molecule has 0 radical (unpaired) electrons. The van der Waals surface area contributed by atoms with Gasteiger partial charge < -0.3 is 10.1 Å². The van der Waals surface area contributed by atoms with E-state index < -0.39 is 0 Å². The summed E-state index contributed by atoms with van der Waals surface area (Å²) in [7, 11) is 0. The molecule has 0 aliphatic carbocycles. The number of rotatable bonds is 5. The van der Waals surface area contributed by atoms with Crippen LogP contribution in [0.2, 0.25) is 0 Å². The van der Waals surface area contributed by atoms with Crippen LogP contribution in [0.15, 0.2) is 59.9 Å². The fourth-order valence-corrected chi connectivity index (χ4v) is 4.09. The number of ether oxygens (including phenoxy) is 1. The number of para-hydroxylation sites is 1. The average Bonchev–Trinajstić information content (AvgIpc) is 3.14. The topological polar surface area (TPSA) is 64.1 Å². The lowest BCUT2D eigenvalue weighted by atomic mass is 9.93. The third kappa shape index (κ3) is 3.82. The number of benzene rings is 1. The van der Waals surface area contributed by atoms with Gasteiger partial charge in [-0.25, -0.2) is 4.98 Å². The number of aromatic nitrogens is 2. The standard InChI is InChI=1S/C21H21N3O2S/c1-27-21-17(6-4-9-23-21)20(25)24-19-13-26-12-15(19)11-14-8-10-22-18-7-3-2-5-16(14)18/h2-10,15,19H,11-13H2,1H3,(H,24,25)/t15-,19-/m1/s1. The molecule has 2 aromatic heterocycles. The Morgan fingerprint density at radius 3 is 2.93 bits per heavy atom. The summed E-state index contributed by atoms with van der Waals surface area (Å²) in [5.41, 5.74) is 2.85. The second-order valence-electron chi connectivity index (χ2n) is 6.63. The zero-order chi connectivity index (χ0) is 18.6. The van der Waals surface area contributed by atoms with E-state index in [4.69, 9.17) is 4.74 Å². The molecule has 3 heterocycles. The summed E-state index contributed by atoms with van der Waals surface area (Å²) in [6.45, 7) is 1.18. The lowest BCUT2D eigenvalue weighted by Gasteiger charge is -2.20. The van der Waals surface area contributed by atoms with Crippen molar-refractivity contribution in [3.8, 4) is 0 Å². The summed E-state index contributed by atoms with van der Waals surface area (Å²) in [5, 5.41) is 5.06. The van der Waals surface area contributed by atoms with Crippen LogP contribution in [0, 0.1) is 5.92 Å².